The molecule has 0 aliphatic carbocycles. The number of rotatable bonds is 5. The molecule has 8 heteroatoms. The van der Waals surface area contributed by atoms with E-state index < -0.39 is 21.6 Å². The van der Waals surface area contributed by atoms with E-state index >= 15 is 0 Å². The third-order valence-electron chi connectivity index (χ3n) is 2.61. The van der Waals surface area contributed by atoms with Crippen molar-refractivity contribution in [3.8, 4) is 0 Å². The van der Waals surface area contributed by atoms with Gasteiger partial charge in [0.25, 0.3) is 0 Å². The highest BCUT2D eigenvalue weighted by Crippen LogP contribution is 2.10. The van der Waals surface area contributed by atoms with Gasteiger partial charge in [-0.15, -0.1) is 0 Å². The van der Waals surface area contributed by atoms with Gasteiger partial charge in [0.1, 0.15) is 12.1 Å². The first kappa shape index (κ1) is 17.4. The van der Waals surface area contributed by atoms with Gasteiger partial charge >= 0.3 is 5.97 Å². The molecule has 0 aromatic rings. The third kappa shape index (κ3) is 6.65. The van der Waals surface area contributed by atoms with Crippen LogP contribution in [0.3, 0.4) is 0 Å². The zero-order valence-corrected chi connectivity index (χ0v) is 13.3. The first-order chi connectivity index (χ1) is 9.08. The number of nitrogens with zero attached hydrogens (tertiary/aromatic N) is 1. The smallest absolute Gasteiger partial charge is 0.321 e. The van der Waals surface area contributed by atoms with Crippen molar-refractivity contribution in [1.82, 2.24) is 9.62 Å². The molecule has 0 amide bonds. The standard InChI is InChI=1S/C12H24N2O5S/c1-12(2,3)19-11(15)9-14(20(4,16)17)8-10-7-13-5-6-18-10/h10,13H,5-9H2,1-4H3/t10-/m0/s1. The Kier molecular flexibility index (Phi) is 5.93. The Morgan fingerprint density at radius 2 is 2.10 bits per heavy atom. The highest BCUT2D eigenvalue weighted by Gasteiger charge is 2.27. The summed E-state index contributed by atoms with van der Waals surface area (Å²) < 4.78 is 35.2. The number of hydrogen-bond donors (Lipinski definition) is 1. The van der Waals surface area contributed by atoms with E-state index in [1.807, 2.05) is 0 Å². The van der Waals surface area contributed by atoms with E-state index in [0.717, 1.165) is 17.1 Å². The van der Waals surface area contributed by atoms with Crippen molar-refractivity contribution < 1.29 is 22.7 Å². The fraction of sp³-hybridized carbons (Fsp3) is 0.917. The second-order valence-electron chi connectivity index (χ2n) is 5.84. The molecule has 1 fully saturated rings. The Morgan fingerprint density at radius 1 is 1.45 bits per heavy atom. The quantitative estimate of drug-likeness (QED) is 0.694. The molecule has 0 radical (unpaired) electrons. The summed E-state index contributed by atoms with van der Waals surface area (Å²) in [6, 6.07) is 0. The van der Waals surface area contributed by atoms with Crippen LogP contribution in [-0.4, -0.2) is 69.4 Å². The summed E-state index contributed by atoms with van der Waals surface area (Å²) in [4.78, 5) is 11.8. The minimum absolute atomic E-state index is 0.144. The predicted octanol–water partition coefficient (Wildman–Crippen LogP) is -0.422. The molecule has 0 aromatic heterocycles. The molecular formula is C12H24N2O5S. The topological polar surface area (TPSA) is 84.9 Å². The molecule has 1 saturated heterocycles. The van der Waals surface area contributed by atoms with Crippen LogP contribution in [0.4, 0.5) is 0 Å². The van der Waals surface area contributed by atoms with Crippen LogP contribution >= 0.6 is 0 Å². The Hall–Kier alpha value is -0.700. The molecule has 0 unspecified atom stereocenters. The number of sulfonamides is 1. The van der Waals surface area contributed by atoms with Gasteiger partial charge in [-0.2, -0.15) is 4.31 Å². The number of ether oxygens (including phenoxy) is 2. The van der Waals surface area contributed by atoms with E-state index in [2.05, 4.69) is 5.32 Å². The molecule has 0 saturated carbocycles. The molecule has 1 rings (SSSR count). The number of esters is 1. The molecule has 1 aliphatic rings. The van der Waals surface area contributed by atoms with Crippen LogP contribution in [0.1, 0.15) is 20.8 Å². The van der Waals surface area contributed by atoms with Gasteiger partial charge in [0, 0.05) is 19.6 Å². The second-order valence-corrected chi connectivity index (χ2v) is 7.82. The molecule has 0 spiro atoms. The SMILES string of the molecule is CC(C)(C)OC(=O)CN(C[C@@H]1CNCCO1)S(C)(=O)=O. The van der Waals surface area contributed by atoms with Gasteiger partial charge in [-0.1, -0.05) is 0 Å². The van der Waals surface area contributed by atoms with Crippen LogP contribution in [0.2, 0.25) is 0 Å². The number of carbonyl (C=O) groups excluding carboxylic acids is 1. The lowest BCUT2D eigenvalue weighted by Gasteiger charge is -2.29. The largest absolute Gasteiger partial charge is 0.459 e. The Labute approximate surface area is 120 Å². The average molecular weight is 308 g/mol. The van der Waals surface area contributed by atoms with Gasteiger partial charge in [-0.05, 0) is 20.8 Å². The summed E-state index contributed by atoms with van der Waals surface area (Å²) >= 11 is 0. The fourth-order valence-corrected chi connectivity index (χ4v) is 2.58. The van der Waals surface area contributed by atoms with Crippen LogP contribution in [0.5, 0.6) is 0 Å². The lowest BCUT2D eigenvalue weighted by atomic mass is 10.2. The van der Waals surface area contributed by atoms with Crippen molar-refractivity contribution in [3.63, 3.8) is 0 Å². The van der Waals surface area contributed by atoms with Crippen LogP contribution in [-0.2, 0) is 24.3 Å². The van der Waals surface area contributed by atoms with Crippen LogP contribution in [0.25, 0.3) is 0 Å². The van der Waals surface area contributed by atoms with Crippen molar-refractivity contribution in [2.45, 2.75) is 32.5 Å². The van der Waals surface area contributed by atoms with Gasteiger partial charge in [0.05, 0.1) is 19.0 Å². The highest BCUT2D eigenvalue weighted by atomic mass is 32.2. The molecule has 7 nitrogen and oxygen atoms in total. The van der Waals surface area contributed by atoms with Crippen molar-refractivity contribution in [2.24, 2.45) is 0 Å². The molecule has 0 aromatic carbocycles. The normalized spacial score (nSPS) is 20.9. The Bertz CT molecular complexity index is 424. The minimum Gasteiger partial charge on any atom is -0.459 e. The van der Waals surface area contributed by atoms with Crippen molar-refractivity contribution in [2.75, 3.05) is 39.0 Å². The molecule has 1 aliphatic heterocycles. The summed E-state index contributed by atoms with van der Waals surface area (Å²) in [5.74, 6) is -0.563. The monoisotopic (exact) mass is 308 g/mol. The molecular weight excluding hydrogens is 284 g/mol. The fourth-order valence-electron chi connectivity index (χ4n) is 1.80. The first-order valence-corrected chi connectivity index (χ1v) is 8.42. The summed E-state index contributed by atoms with van der Waals surface area (Å²) in [7, 11) is -3.49. The maximum Gasteiger partial charge on any atom is 0.321 e. The van der Waals surface area contributed by atoms with Crippen molar-refractivity contribution in [3.05, 3.63) is 0 Å². The number of nitrogens with one attached hydrogen (secondary N) is 1. The first-order valence-electron chi connectivity index (χ1n) is 6.57. The van der Waals surface area contributed by atoms with Crippen LogP contribution in [0.15, 0.2) is 0 Å². The van der Waals surface area contributed by atoms with Gasteiger partial charge in [0.15, 0.2) is 0 Å². The summed E-state index contributed by atoms with van der Waals surface area (Å²) in [5.41, 5.74) is -0.636. The van der Waals surface area contributed by atoms with E-state index in [4.69, 9.17) is 9.47 Å². The summed E-state index contributed by atoms with van der Waals surface area (Å²) in [6.45, 7) is 6.93. The van der Waals surface area contributed by atoms with Crippen LogP contribution < -0.4 is 5.32 Å². The molecule has 1 atom stereocenters. The van der Waals surface area contributed by atoms with E-state index in [0.29, 0.717) is 13.2 Å². The lowest BCUT2D eigenvalue weighted by Crippen LogP contribution is -2.48. The third-order valence-corrected chi connectivity index (χ3v) is 3.82. The van der Waals surface area contributed by atoms with Gasteiger partial charge < -0.3 is 14.8 Å². The maximum absolute atomic E-state index is 11.8. The zero-order valence-electron chi connectivity index (χ0n) is 12.5. The number of hydrogen-bond acceptors (Lipinski definition) is 6. The Morgan fingerprint density at radius 3 is 2.55 bits per heavy atom. The van der Waals surface area contributed by atoms with Crippen molar-refractivity contribution >= 4 is 16.0 Å². The summed E-state index contributed by atoms with van der Waals surface area (Å²) in [6.07, 6.45) is 0.828. The van der Waals surface area contributed by atoms with E-state index in [1.165, 1.54) is 0 Å². The molecule has 0 bridgehead atoms. The van der Waals surface area contributed by atoms with Crippen LogP contribution in [0, 0.1) is 0 Å². The number of carbonyl (C=O) groups is 1. The van der Waals surface area contributed by atoms with Gasteiger partial charge in [-0.25, -0.2) is 8.42 Å². The van der Waals surface area contributed by atoms with Gasteiger partial charge in [0.2, 0.25) is 10.0 Å². The van der Waals surface area contributed by atoms with E-state index in [1.54, 1.807) is 20.8 Å². The maximum atomic E-state index is 11.8. The van der Waals surface area contributed by atoms with E-state index in [-0.39, 0.29) is 19.2 Å². The highest BCUT2D eigenvalue weighted by molar-refractivity contribution is 7.88. The lowest BCUT2D eigenvalue weighted by molar-refractivity contribution is -0.155. The second kappa shape index (κ2) is 6.84. The predicted molar refractivity (Wildman–Crippen MR) is 74.9 cm³/mol. The molecule has 20 heavy (non-hydrogen) atoms. The average Bonchev–Trinajstić information content (AvgIpc) is 2.25. The van der Waals surface area contributed by atoms with Gasteiger partial charge in [-0.3, -0.25) is 4.79 Å². The minimum atomic E-state index is -3.49. The molecule has 1 heterocycles. The number of morpholine rings is 1. The van der Waals surface area contributed by atoms with Crippen molar-refractivity contribution in [1.29, 1.82) is 0 Å². The summed E-state index contributed by atoms with van der Waals surface area (Å²) in [5, 5.41) is 3.12. The molecule has 118 valence electrons. The Balaban J connectivity index is 2.63. The van der Waals surface area contributed by atoms with E-state index in [9.17, 15) is 13.2 Å². The molecule has 1 N–H and O–H groups in total. The zero-order chi connectivity index (χ0) is 15.4.